The molecule has 0 bridgehead atoms. The van der Waals surface area contributed by atoms with Crippen molar-refractivity contribution in [2.24, 2.45) is 5.41 Å². The maximum absolute atomic E-state index is 11.9. The normalized spacial score (nSPS) is 11.6. The van der Waals surface area contributed by atoms with Crippen molar-refractivity contribution in [1.82, 2.24) is 0 Å². The van der Waals surface area contributed by atoms with Crippen LogP contribution in [0.25, 0.3) is 0 Å². The lowest BCUT2D eigenvalue weighted by molar-refractivity contribution is -0.0498. The van der Waals surface area contributed by atoms with E-state index in [9.17, 15) is 8.78 Å². The van der Waals surface area contributed by atoms with Crippen molar-refractivity contribution >= 4 is 5.69 Å². The van der Waals surface area contributed by atoms with Gasteiger partial charge in [-0.15, -0.1) is 0 Å². The fourth-order valence-corrected chi connectivity index (χ4v) is 1.15. The molecule has 0 spiro atoms. The van der Waals surface area contributed by atoms with Gasteiger partial charge in [0.25, 0.3) is 0 Å². The molecule has 0 aromatic heterocycles. The zero-order chi connectivity index (χ0) is 12.9. The number of halogens is 2. The molecular weight excluding hydrogens is 228 g/mol. The first-order valence-corrected chi connectivity index (χ1v) is 5.32. The van der Waals surface area contributed by atoms with E-state index in [-0.39, 0.29) is 17.8 Å². The summed E-state index contributed by atoms with van der Waals surface area (Å²) in [5.41, 5.74) is 0.575. The van der Waals surface area contributed by atoms with Crippen molar-refractivity contribution in [3.05, 3.63) is 24.3 Å². The Morgan fingerprint density at radius 2 is 1.88 bits per heavy atom. The Bertz CT molecular complexity index is 339. The summed E-state index contributed by atoms with van der Waals surface area (Å²) in [6.45, 7) is 1.72. The Morgan fingerprint density at radius 3 is 2.35 bits per heavy atom. The SMILES string of the molecule is CC(C)(CO)CNc1ccc(OC(F)F)cc1. The molecule has 0 aliphatic rings. The maximum Gasteiger partial charge on any atom is 0.387 e. The van der Waals surface area contributed by atoms with E-state index in [1.165, 1.54) is 12.1 Å². The Kier molecular flexibility index (Phi) is 4.69. The molecule has 0 amide bonds. The minimum Gasteiger partial charge on any atom is -0.435 e. The van der Waals surface area contributed by atoms with Crippen molar-refractivity contribution < 1.29 is 18.6 Å². The number of aliphatic hydroxyl groups excluding tert-OH is 1. The molecule has 0 aliphatic carbocycles. The highest BCUT2D eigenvalue weighted by Gasteiger charge is 2.15. The highest BCUT2D eigenvalue weighted by molar-refractivity contribution is 5.46. The second kappa shape index (κ2) is 5.82. The van der Waals surface area contributed by atoms with Crippen LogP contribution in [0, 0.1) is 5.41 Å². The molecule has 17 heavy (non-hydrogen) atoms. The van der Waals surface area contributed by atoms with Crippen molar-refractivity contribution in [3.63, 3.8) is 0 Å². The van der Waals surface area contributed by atoms with Gasteiger partial charge in [0.05, 0.1) is 0 Å². The minimum atomic E-state index is -2.80. The molecule has 0 saturated heterocycles. The predicted molar refractivity (Wildman–Crippen MR) is 62.4 cm³/mol. The summed E-state index contributed by atoms with van der Waals surface area (Å²) in [7, 11) is 0. The van der Waals surface area contributed by atoms with Crippen molar-refractivity contribution in [3.8, 4) is 5.75 Å². The molecule has 96 valence electrons. The van der Waals surface area contributed by atoms with Crippen LogP contribution in [-0.4, -0.2) is 24.9 Å². The van der Waals surface area contributed by atoms with Gasteiger partial charge < -0.3 is 15.2 Å². The lowest BCUT2D eigenvalue weighted by Crippen LogP contribution is -2.26. The van der Waals surface area contributed by atoms with Crippen LogP contribution in [0.5, 0.6) is 5.75 Å². The molecule has 5 heteroatoms. The van der Waals surface area contributed by atoms with Gasteiger partial charge in [0.1, 0.15) is 5.75 Å². The van der Waals surface area contributed by atoms with Crippen LogP contribution >= 0.6 is 0 Å². The third-order valence-corrected chi connectivity index (χ3v) is 2.28. The fourth-order valence-electron chi connectivity index (χ4n) is 1.15. The first-order valence-electron chi connectivity index (χ1n) is 5.32. The largest absolute Gasteiger partial charge is 0.435 e. The number of nitrogens with one attached hydrogen (secondary N) is 1. The summed E-state index contributed by atoms with van der Waals surface area (Å²) >= 11 is 0. The average Bonchev–Trinajstić information content (AvgIpc) is 2.28. The van der Waals surface area contributed by atoms with Gasteiger partial charge in [-0.2, -0.15) is 8.78 Å². The molecular formula is C12H17F2NO2. The van der Waals surface area contributed by atoms with E-state index < -0.39 is 6.61 Å². The first kappa shape index (κ1) is 13.7. The molecule has 0 fully saturated rings. The van der Waals surface area contributed by atoms with Gasteiger partial charge in [-0.3, -0.25) is 0 Å². The molecule has 2 N–H and O–H groups in total. The Hall–Kier alpha value is -1.36. The van der Waals surface area contributed by atoms with Crippen LogP contribution in [0.3, 0.4) is 0 Å². The van der Waals surface area contributed by atoms with Gasteiger partial charge in [-0.25, -0.2) is 0 Å². The number of rotatable bonds is 6. The van der Waals surface area contributed by atoms with E-state index in [0.717, 1.165) is 5.69 Å². The number of ether oxygens (including phenoxy) is 1. The van der Waals surface area contributed by atoms with Gasteiger partial charge in [0.2, 0.25) is 0 Å². The third kappa shape index (κ3) is 4.99. The van der Waals surface area contributed by atoms with Crippen molar-refractivity contribution in [2.75, 3.05) is 18.5 Å². The summed E-state index contributed by atoms with van der Waals surface area (Å²) in [6.07, 6.45) is 0. The smallest absolute Gasteiger partial charge is 0.387 e. The predicted octanol–water partition coefficient (Wildman–Crippen LogP) is 2.72. The molecule has 0 atom stereocenters. The summed E-state index contributed by atoms with van der Waals surface area (Å²) < 4.78 is 28.0. The molecule has 0 unspecified atom stereocenters. The number of benzene rings is 1. The summed E-state index contributed by atoms with van der Waals surface area (Å²) in [5.74, 6) is 0.131. The topological polar surface area (TPSA) is 41.5 Å². The number of alkyl halides is 2. The Morgan fingerprint density at radius 1 is 1.29 bits per heavy atom. The van der Waals surface area contributed by atoms with Crippen LogP contribution in [0.4, 0.5) is 14.5 Å². The Labute approximate surface area is 99.4 Å². The number of anilines is 1. The summed E-state index contributed by atoms with van der Waals surface area (Å²) in [4.78, 5) is 0. The van der Waals surface area contributed by atoms with Gasteiger partial charge in [0.15, 0.2) is 0 Å². The van der Waals surface area contributed by atoms with Gasteiger partial charge in [-0.05, 0) is 24.3 Å². The highest BCUT2D eigenvalue weighted by Crippen LogP contribution is 2.20. The first-order chi connectivity index (χ1) is 7.93. The maximum atomic E-state index is 11.9. The molecule has 0 radical (unpaired) electrons. The Balaban J connectivity index is 2.51. The molecule has 0 aliphatic heterocycles. The lowest BCUT2D eigenvalue weighted by Gasteiger charge is -2.22. The van der Waals surface area contributed by atoms with E-state index in [1.807, 2.05) is 13.8 Å². The fraction of sp³-hybridized carbons (Fsp3) is 0.500. The number of aliphatic hydroxyl groups is 1. The molecule has 0 heterocycles. The zero-order valence-corrected chi connectivity index (χ0v) is 9.91. The number of hydrogen-bond donors (Lipinski definition) is 2. The standard InChI is InChI=1S/C12H17F2NO2/c1-12(2,8-16)7-15-9-3-5-10(6-4-9)17-11(13)14/h3-6,11,15-16H,7-8H2,1-2H3. The van der Waals surface area contributed by atoms with E-state index in [1.54, 1.807) is 12.1 Å². The van der Waals surface area contributed by atoms with Crippen LogP contribution in [0.15, 0.2) is 24.3 Å². The monoisotopic (exact) mass is 245 g/mol. The van der Waals surface area contributed by atoms with Gasteiger partial charge in [-0.1, -0.05) is 13.8 Å². The van der Waals surface area contributed by atoms with Gasteiger partial charge >= 0.3 is 6.61 Å². The van der Waals surface area contributed by atoms with E-state index >= 15 is 0 Å². The van der Waals surface area contributed by atoms with Crippen molar-refractivity contribution in [1.29, 1.82) is 0 Å². The average molecular weight is 245 g/mol. The lowest BCUT2D eigenvalue weighted by atomic mass is 9.95. The van der Waals surface area contributed by atoms with Crippen molar-refractivity contribution in [2.45, 2.75) is 20.5 Å². The quantitative estimate of drug-likeness (QED) is 0.809. The third-order valence-electron chi connectivity index (χ3n) is 2.28. The molecule has 3 nitrogen and oxygen atoms in total. The minimum absolute atomic E-state index is 0.0760. The second-order valence-electron chi connectivity index (χ2n) is 4.58. The molecule has 0 saturated carbocycles. The van der Waals surface area contributed by atoms with E-state index in [4.69, 9.17) is 5.11 Å². The zero-order valence-electron chi connectivity index (χ0n) is 9.91. The van der Waals surface area contributed by atoms with Crippen LogP contribution in [0.2, 0.25) is 0 Å². The summed E-state index contributed by atoms with van der Waals surface area (Å²) in [5, 5.41) is 12.2. The second-order valence-corrected chi connectivity index (χ2v) is 4.58. The van der Waals surface area contributed by atoms with Crippen LogP contribution < -0.4 is 10.1 Å². The molecule has 1 aromatic carbocycles. The van der Waals surface area contributed by atoms with Gasteiger partial charge in [0, 0.05) is 24.3 Å². The van der Waals surface area contributed by atoms with E-state index in [2.05, 4.69) is 10.1 Å². The van der Waals surface area contributed by atoms with Crippen LogP contribution in [0.1, 0.15) is 13.8 Å². The van der Waals surface area contributed by atoms with E-state index in [0.29, 0.717) is 6.54 Å². The summed E-state index contributed by atoms with van der Waals surface area (Å²) in [6, 6.07) is 6.26. The highest BCUT2D eigenvalue weighted by atomic mass is 19.3. The number of hydrogen-bond acceptors (Lipinski definition) is 3. The van der Waals surface area contributed by atoms with Crippen LogP contribution in [-0.2, 0) is 0 Å². The molecule has 1 aromatic rings. The molecule has 1 rings (SSSR count).